The van der Waals surface area contributed by atoms with Gasteiger partial charge in [-0.3, -0.25) is 9.78 Å². The van der Waals surface area contributed by atoms with E-state index < -0.39 is 12.1 Å². The van der Waals surface area contributed by atoms with E-state index in [0.29, 0.717) is 17.9 Å². The van der Waals surface area contributed by atoms with Gasteiger partial charge in [0.1, 0.15) is 0 Å². The van der Waals surface area contributed by atoms with Crippen LogP contribution in [0.2, 0.25) is 0 Å². The molecule has 10 heteroatoms. The lowest BCUT2D eigenvalue weighted by atomic mass is 10.1. The van der Waals surface area contributed by atoms with Crippen LogP contribution in [0.15, 0.2) is 35.1 Å². The summed E-state index contributed by atoms with van der Waals surface area (Å²) in [5, 5.41) is 9.18. The van der Waals surface area contributed by atoms with Crippen LogP contribution in [0.4, 0.5) is 13.2 Å². The number of hydrogen-bond donors (Lipinski definition) is 2. The number of pyridine rings is 1. The molecule has 1 aliphatic carbocycles. The number of likely N-dealkylation sites (tertiary alicyclic amines) is 1. The minimum atomic E-state index is -5.08. The summed E-state index contributed by atoms with van der Waals surface area (Å²) in [6.07, 6.45) is -1.53. The summed E-state index contributed by atoms with van der Waals surface area (Å²) >= 11 is 3.47. The largest absolute Gasteiger partial charge is 0.490 e. The van der Waals surface area contributed by atoms with Crippen molar-refractivity contribution in [2.75, 3.05) is 13.1 Å². The topological polar surface area (TPSA) is 96.5 Å². The molecule has 2 aromatic rings. The second-order valence-corrected chi connectivity index (χ2v) is 7.33. The smallest absolute Gasteiger partial charge is 0.475 e. The van der Waals surface area contributed by atoms with Gasteiger partial charge in [0.2, 0.25) is 0 Å². The molecule has 2 fully saturated rings. The van der Waals surface area contributed by atoms with Crippen LogP contribution in [-0.2, 0) is 4.79 Å². The Balaban J connectivity index is 0.000000260. The third-order valence-corrected chi connectivity index (χ3v) is 5.38. The van der Waals surface area contributed by atoms with E-state index in [4.69, 9.17) is 15.6 Å². The van der Waals surface area contributed by atoms with Gasteiger partial charge in [0.05, 0.1) is 0 Å². The Morgan fingerprint density at radius 1 is 1.22 bits per heavy atom. The average Bonchev–Trinajstić information content (AvgIpc) is 3.02. The number of hydrogen-bond acceptors (Lipinski definition) is 4. The van der Waals surface area contributed by atoms with Gasteiger partial charge in [0.25, 0.3) is 5.91 Å². The highest BCUT2D eigenvalue weighted by Crippen LogP contribution is 2.44. The van der Waals surface area contributed by atoms with Gasteiger partial charge in [0, 0.05) is 46.9 Å². The third kappa shape index (κ3) is 4.06. The molecule has 2 heterocycles. The number of carbonyl (C=O) groups excluding carboxylic acids is 1. The molecule has 1 amide bonds. The maximum Gasteiger partial charge on any atom is 0.490 e. The van der Waals surface area contributed by atoms with Crippen molar-refractivity contribution in [3.8, 4) is 0 Å². The number of halogens is 4. The number of carboxylic acid groups (broad SMARTS) is 1. The van der Waals surface area contributed by atoms with E-state index in [1.165, 1.54) is 0 Å². The lowest BCUT2D eigenvalue weighted by Gasteiger charge is -2.19. The maximum atomic E-state index is 12.5. The Morgan fingerprint density at radius 2 is 1.81 bits per heavy atom. The summed E-state index contributed by atoms with van der Waals surface area (Å²) < 4.78 is 32.7. The summed E-state index contributed by atoms with van der Waals surface area (Å²) in [6, 6.07) is 6.09. The number of carbonyl (C=O) groups is 2. The first kappa shape index (κ1) is 19.6. The zero-order chi connectivity index (χ0) is 19.9. The van der Waals surface area contributed by atoms with E-state index in [9.17, 15) is 18.0 Å². The summed E-state index contributed by atoms with van der Waals surface area (Å²) in [7, 11) is 0. The van der Waals surface area contributed by atoms with Crippen molar-refractivity contribution in [1.29, 1.82) is 0 Å². The van der Waals surface area contributed by atoms with E-state index >= 15 is 0 Å². The molecule has 0 spiro atoms. The number of alkyl halides is 3. The molecular formula is C17H15BrF3N3O3. The zero-order valence-corrected chi connectivity index (χ0v) is 15.4. The molecule has 0 radical (unpaired) electrons. The second kappa shape index (κ2) is 7.08. The van der Waals surface area contributed by atoms with Crippen LogP contribution in [0.5, 0.6) is 0 Å². The molecule has 1 unspecified atom stereocenters. The van der Waals surface area contributed by atoms with E-state index in [1.54, 1.807) is 12.4 Å². The first-order chi connectivity index (χ1) is 12.6. The number of rotatable bonds is 1. The molecule has 144 valence electrons. The number of carboxylic acids is 1. The minimum Gasteiger partial charge on any atom is -0.475 e. The molecule has 0 bridgehead atoms. The van der Waals surface area contributed by atoms with Crippen LogP contribution in [0.3, 0.4) is 0 Å². The number of amides is 1. The molecule has 6 nitrogen and oxygen atoms in total. The van der Waals surface area contributed by atoms with Gasteiger partial charge in [-0.2, -0.15) is 13.2 Å². The number of nitrogens with zero attached hydrogens (tertiary/aromatic N) is 2. The Bertz CT molecular complexity index is 894. The van der Waals surface area contributed by atoms with E-state index in [1.807, 2.05) is 23.1 Å². The maximum absolute atomic E-state index is 12.5. The van der Waals surface area contributed by atoms with Crippen LogP contribution in [0.1, 0.15) is 10.4 Å². The van der Waals surface area contributed by atoms with Crippen LogP contribution < -0.4 is 5.73 Å². The zero-order valence-electron chi connectivity index (χ0n) is 13.8. The first-order valence-electron chi connectivity index (χ1n) is 7.98. The molecule has 3 atom stereocenters. The van der Waals surface area contributed by atoms with Gasteiger partial charge in [-0.05, 0) is 45.3 Å². The molecule has 3 N–H and O–H groups in total. The van der Waals surface area contributed by atoms with Gasteiger partial charge in [-0.1, -0.05) is 6.07 Å². The molecule has 1 saturated carbocycles. The number of aliphatic carboxylic acids is 1. The highest BCUT2D eigenvalue weighted by atomic mass is 79.9. The van der Waals surface area contributed by atoms with Gasteiger partial charge >= 0.3 is 12.1 Å². The first-order valence-corrected chi connectivity index (χ1v) is 8.77. The summed E-state index contributed by atoms with van der Waals surface area (Å²) in [4.78, 5) is 27.5. The SMILES string of the molecule is NC1[C@H]2CN(C(=O)c3ccc4c(Br)cncc4c3)C[C@@H]12.O=C(O)C(F)(F)F. The Kier molecular flexibility index (Phi) is 5.13. The lowest BCUT2D eigenvalue weighted by molar-refractivity contribution is -0.192. The molecular weight excluding hydrogens is 431 g/mol. The van der Waals surface area contributed by atoms with Crippen molar-refractivity contribution in [1.82, 2.24) is 9.88 Å². The predicted molar refractivity (Wildman–Crippen MR) is 94.0 cm³/mol. The quantitative estimate of drug-likeness (QED) is 0.703. The normalized spacial score (nSPS) is 23.4. The van der Waals surface area contributed by atoms with Crippen LogP contribution in [-0.4, -0.2) is 52.2 Å². The highest BCUT2D eigenvalue weighted by Gasteiger charge is 2.54. The monoisotopic (exact) mass is 445 g/mol. The van der Waals surface area contributed by atoms with E-state index in [0.717, 1.165) is 33.9 Å². The highest BCUT2D eigenvalue weighted by molar-refractivity contribution is 9.10. The Labute approximate surface area is 160 Å². The second-order valence-electron chi connectivity index (χ2n) is 6.48. The van der Waals surface area contributed by atoms with E-state index in [2.05, 4.69) is 20.9 Å². The molecule has 1 saturated heterocycles. The van der Waals surface area contributed by atoms with Crippen molar-refractivity contribution in [3.63, 3.8) is 0 Å². The average molecular weight is 446 g/mol. The summed E-state index contributed by atoms with van der Waals surface area (Å²) in [5.74, 6) is -1.61. The molecule has 1 aromatic carbocycles. The van der Waals surface area contributed by atoms with Gasteiger partial charge in [-0.25, -0.2) is 4.79 Å². The summed E-state index contributed by atoms with van der Waals surface area (Å²) in [6.45, 7) is 1.61. The van der Waals surface area contributed by atoms with Crippen molar-refractivity contribution in [2.24, 2.45) is 17.6 Å². The number of aromatic nitrogens is 1. The fourth-order valence-corrected chi connectivity index (χ4v) is 3.67. The number of fused-ring (bicyclic) bond motifs is 2. The molecule has 2 aliphatic rings. The van der Waals surface area contributed by atoms with Gasteiger partial charge < -0.3 is 15.7 Å². The van der Waals surface area contributed by atoms with Crippen molar-refractivity contribution in [3.05, 3.63) is 40.6 Å². The van der Waals surface area contributed by atoms with Gasteiger partial charge in [0.15, 0.2) is 0 Å². The number of piperidine rings is 1. The third-order valence-electron chi connectivity index (χ3n) is 4.75. The standard InChI is InChI=1S/C15H14BrN3O.C2HF3O2/c16-13-5-18-4-9-3-8(1-2-10(9)13)15(20)19-6-11-12(7-19)14(11)17;3-2(4,5)1(6)7/h1-5,11-12,14H,6-7,17H2;(H,6,7)/t11-,12+,14?;. The molecule has 4 rings (SSSR count). The fraction of sp³-hybridized carbons (Fsp3) is 0.353. The summed E-state index contributed by atoms with van der Waals surface area (Å²) in [5.41, 5.74) is 6.64. The fourth-order valence-electron chi connectivity index (χ4n) is 3.19. The van der Waals surface area contributed by atoms with Crippen molar-refractivity contribution < 1.29 is 27.9 Å². The van der Waals surface area contributed by atoms with Crippen molar-refractivity contribution in [2.45, 2.75) is 12.2 Å². The van der Waals surface area contributed by atoms with Crippen LogP contribution in [0, 0.1) is 11.8 Å². The van der Waals surface area contributed by atoms with Crippen molar-refractivity contribution >= 4 is 38.6 Å². The molecule has 27 heavy (non-hydrogen) atoms. The van der Waals surface area contributed by atoms with Crippen LogP contribution >= 0.6 is 15.9 Å². The predicted octanol–water partition coefficient (Wildman–Crippen LogP) is 2.66. The lowest BCUT2D eigenvalue weighted by Crippen LogP contribution is -2.33. The Morgan fingerprint density at radius 3 is 2.37 bits per heavy atom. The van der Waals surface area contributed by atoms with E-state index in [-0.39, 0.29) is 5.91 Å². The number of benzene rings is 1. The minimum absolute atomic E-state index is 0.103. The number of nitrogens with two attached hydrogens (primary N) is 1. The molecule has 1 aliphatic heterocycles. The Hall–Kier alpha value is -2.20. The molecule has 1 aromatic heterocycles. The van der Waals surface area contributed by atoms with Crippen LogP contribution in [0.25, 0.3) is 10.8 Å². The van der Waals surface area contributed by atoms with Gasteiger partial charge in [-0.15, -0.1) is 0 Å².